The van der Waals surface area contributed by atoms with Crippen LogP contribution in [0.1, 0.15) is 27.5 Å². The molecule has 1 amide bonds. The summed E-state index contributed by atoms with van der Waals surface area (Å²) < 4.78 is 13.5. The van der Waals surface area contributed by atoms with Gasteiger partial charge in [-0.2, -0.15) is 0 Å². The molecule has 10 heteroatoms. The number of likely N-dealkylation sites (N-methyl/N-ethyl adjacent to an activating group) is 1. The van der Waals surface area contributed by atoms with Crippen LogP contribution in [0, 0.1) is 33.0 Å². The molecule has 1 atom stereocenters. The second kappa shape index (κ2) is 8.53. The minimum Gasteiger partial charge on any atom is -0.350 e. The average molecular weight is 390 g/mol. The number of hydrogen-bond acceptors (Lipinski definition) is 6. The summed E-state index contributed by atoms with van der Waals surface area (Å²) in [6.07, 6.45) is 0. The van der Waals surface area contributed by atoms with Crippen LogP contribution in [-0.2, 0) is 0 Å². The van der Waals surface area contributed by atoms with Crippen molar-refractivity contribution in [1.29, 1.82) is 0 Å². The third-order valence-corrected chi connectivity index (χ3v) is 4.33. The first-order valence-electron chi connectivity index (χ1n) is 8.25. The fraction of sp³-hybridized carbons (Fsp3) is 0.278. The first-order chi connectivity index (χ1) is 13.1. The van der Waals surface area contributed by atoms with E-state index in [1.165, 1.54) is 19.1 Å². The van der Waals surface area contributed by atoms with E-state index in [4.69, 9.17) is 0 Å². The van der Waals surface area contributed by atoms with Crippen molar-refractivity contribution in [3.63, 3.8) is 0 Å². The van der Waals surface area contributed by atoms with Gasteiger partial charge < -0.3 is 10.2 Å². The highest BCUT2D eigenvalue weighted by molar-refractivity contribution is 5.97. The number of carbonyl (C=O) groups is 1. The Hall–Kier alpha value is -3.40. The Labute approximate surface area is 160 Å². The highest BCUT2D eigenvalue weighted by Crippen LogP contribution is 2.28. The molecule has 0 bridgehead atoms. The summed E-state index contributed by atoms with van der Waals surface area (Å²) in [6, 6.07) is 7.38. The molecule has 0 saturated carbocycles. The molecule has 148 valence electrons. The smallest absolute Gasteiger partial charge is 0.279 e. The van der Waals surface area contributed by atoms with E-state index in [1.807, 2.05) is 0 Å². The Kier molecular flexibility index (Phi) is 6.37. The maximum atomic E-state index is 13.5. The summed E-state index contributed by atoms with van der Waals surface area (Å²) in [6.45, 7) is 1.43. The van der Waals surface area contributed by atoms with Gasteiger partial charge in [-0.15, -0.1) is 0 Å². The molecule has 9 nitrogen and oxygen atoms in total. The zero-order valence-electron chi connectivity index (χ0n) is 15.5. The van der Waals surface area contributed by atoms with Gasteiger partial charge in [0.25, 0.3) is 17.3 Å². The molecule has 2 rings (SSSR count). The molecule has 0 aliphatic carbocycles. The van der Waals surface area contributed by atoms with Crippen LogP contribution in [0.2, 0.25) is 0 Å². The third-order valence-electron chi connectivity index (χ3n) is 4.33. The lowest BCUT2D eigenvalue weighted by Gasteiger charge is -2.25. The van der Waals surface area contributed by atoms with Gasteiger partial charge in [0.05, 0.1) is 27.5 Å². The number of halogens is 1. The Morgan fingerprint density at radius 3 is 2.39 bits per heavy atom. The van der Waals surface area contributed by atoms with Crippen LogP contribution < -0.4 is 5.32 Å². The maximum absolute atomic E-state index is 13.5. The summed E-state index contributed by atoms with van der Waals surface area (Å²) in [7, 11) is 3.51. The molecule has 0 aliphatic rings. The lowest BCUT2D eigenvalue weighted by atomic mass is 10.0. The topological polar surface area (TPSA) is 119 Å². The summed E-state index contributed by atoms with van der Waals surface area (Å²) in [5.41, 5.74) is -0.546. The number of non-ortho nitro benzene ring substituents is 1. The van der Waals surface area contributed by atoms with Gasteiger partial charge in [0.2, 0.25) is 0 Å². The van der Waals surface area contributed by atoms with Crippen molar-refractivity contribution in [3.8, 4) is 0 Å². The molecule has 0 aromatic heterocycles. The van der Waals surface area contributed by atoms with Gasteiger partial charge in [0.15, 0.2) is 0 Å². The fourth-order valence-corrected chi connectivity index (χ4v) is 2.81. The lowest BCUT2D eigenvalue weighted by molar-refractivity contribution is -0.394. The van der Waals surface area contributed by atoms with Crippen LogP contribution >= 0.6 is 0 Å². The average Bonchev–Trinajstić information content (AvgIpc) is 2.61. The summed E-state index contributed by atoms with van der Waals surface area (Å²) in [5, 5.41) is 24.8. The molecule has 1 N–H and O–H groups in total. The Morgan fingerprint density at radius 2 is 1.86 bits per heavy atom. The van der Waals surface area contributed by atoms with Crippen LogP contribution in [0.15, 0.2) is 36.4 Å². The number of nitrogens with one attached hydrogen (secondary N) is 1. The molecule has 0 heterocycles. The number of nitrogens with zero attached hydrogens (tertiary/aromatic N) is 3. The van der Waals surface area contributed by atoms with Gasteiger partial charge in [-0.05, 0) is 38.7 Å². The van der Waals surface area contributed by atoms with Gasteiger partial charge >= 0.3 is 0 Å². The van der Waals surface area contributed by atoms with Gasteiger partial charge in [0, 0.05) is 18.2 Å². The normalized spacial score (nSPS) is 11.9. The molecule has 2 aromatic rings. The Bertz CT molecular complexity index is 932. The number of carbonyl (C=O) groups excluding carboxylic acids is 1. The summed E-state index contributed by atoms with van der Waals surface area (Å²) in [5.74, 6) is -1.10. The molecule has 0 spiro atoms. The zero-order valence-corrected chi connectivity index (χ0v) is 15.5. The predicted octanol–water partition coefficient (Wildman–Crippen LogP) is 2.98. The molecular formula is C18H19FN4O5. The van der Waals surface area contributed by atoms with E-state index in [-0.39, 0.29) is 23.7 Å². The second-order valence-corrected chi connectivity index (χ2v) is 6.40. The van der Waals surface area contributed by atoms with E-state index in [1.54, 1.807) is 31.1 Å². The lowest BCUT2D eigenvalue weighted by Crippen LogP contribution is -2.35. The van der Waals surface area contributed by atoms with Crippen LogP contribution in [0.3, 0.4) is 0 Å². The molecule has 2 aromatic carbocycles. The van der Waals surface area contributed by atoms with E-state index in [0.29, 0.717) is 5.56 Å². The highest BCUT2D eigenvalue weighted by Gasteiger charge is 2.25. The van der Waals surface area contributed by atoms with Crippen LogP contribution in [0.4, 0.5) is 15.8 Å². The summed E-state index contributed by atoms with van der Waals surface area (Å²) in [4.78, 5) is 35.0. The van der Waals surface area contributed by atoms with E-state index < -0.39 is 32.9 Å². The van der Waals surface area contributed by atoms with Crippen LogP contribution in [-0.4, -0.2) is 41.3 Å². The van der Waals surface area contributed by atoms with E-state index >= 15 is 0 Å². The van der Waals surface area contributed by atoms with Crippen LogP contribution in [0.5, 0.6) is 0 Å². The second-order valence-electron chi connectivity index (χ2n) is 6.40. The predicted molar refractivity (Wildman–Crippen MR) is 99.6 cm³/mol. The quantitative estimate of drug-likeness (QED) is 0.573. The van der Waals surface area contributed by atoms with Crippen molar-refractivity contribution >= 4 is 17.3 Å². The molecule has 0 aliphatic heterocycles. The van der Waals surface area contributed by atoms with Crippen molar-refractivity contribution < 1.29 is 19.0 Å². The van der Waals surface area contributed by atoms with Crippen LogP contribution in [0.25, 0.3) is 0 Å². The Balaban J connectivity index is 2.31. The SMILES string of the molecule is Cc1c(C(=O)NCC(c2cccc(F)c2)N(C)C)cc([N+](=O)[O-])cc1[N+](=O)[O-]. The molecule has 1 unspecified atom stereocenters. The third kappa shape index (κ3) is 4.65. The largest absolute Gasteiger partial charge is 0.350 e. The number of benzene rings is 2. The van der Waals surface area contributed by atoms with Crippen molar-refractivity contribution in [2.24, 2.45) is 0 Å². The molecular weight excluding hydrogens is 371 g/mol. The Morgan fingerprint density at radius 1 is 1.18 bits per heavy atom. The monoisotopic (exact) mass is 390 g/mol. The van der Waals surface area contributed by atoms with Gasteiger partial charge in [-0.25, -0.2) is 4.39 Å². The molecule has 0 fully saturated rings. The number of amides is 1. The van der Waals surface area contributed by atoms with E-state index in [2.05, 4.69) is 5.32 Å². The van der Waals surface area contributed by atoms with Gasteiger partial charge in [-0.1, -0.05) is 12.1 Å². The number of nitro benzene ring substituents is 2. The fourth-order valence-electron chi connectivity index (χ4n) is 2.81. The van der Waals surface area contributed by atoms with Crippen molar-refractivity contribution in [3.05, 3.63) is 79.1 Å². The van der Waals surface area contributed by atoms with Gasteiger partial charge in [-0.3, -0.25) is 25.0 Å². The molecule has 0 saturated heterocycles. The standard InChI is InChI=1S/C18H19FN4O5/c1-11-15(8-14(22(25)26)9-16(11)23(27)28)18(24)20-10-17(21(2)3)12-5-4-6-13(19)7-12/h4-9,17H,10H2,1-3H3,(H,20,24). The first-order valence-corrected chi connectivity index (χ1v) is 8.25. The van der Waals surface area contributed by atoms with E-state index in [9.17, 15) is 29.4 Å². The first kappa shape index (κ1) is 20.9. The highest BCUT2D eigenvalue weighted by atomic mass is 19.1. The van der Waals surface area contributed by atoms with Crippen molar-refractivity contribution in [2.45, 2.75) is 13.0 Å². The molecule has 0 radical (unpaired) electrons. The minimum absolute atomic E-state index is 0.0280. The number of rotatable bonds is 7. The minimum atomic E-state index is -0.793. The van der Waals surface area contributed by atoms with Crippen molar-refractivity contribution in [1.82, 2.24) is 10.2 Å². The van der Waals surface area contributed by atoms with Gasteiger partial charge in [0.1, 0.15) is 5.82 Å². The molecule has 28 heavy (non-hydrogen) atoms. The number of nitro groups is 2. The zero-order chi connectivity index (χ0) is 21.0. The van der Waals surface area contributed by atoms with Crippen molar-refractivity contribution in [2.75, 3.05) is 20.6 Å². The number of hydrogen-bond donors (Lipinski definition) is 1. The van der Waals surface area contributed by atoms with E-state index in [0.717, 1.165) is 12.1 Å². The summed E-state index contributed by atoms with van der Waals surface area (Å²) >= 11 is 0. The maximum Gasteiger partial charge on any atom is 0.279 e.